The van der Waals surface area contributed by atoms with Crippen molar-refractivity contribution in [2.75, 3.05) is 6.54 Å². The summed E-state index contributed by atoms with van der Waals surface area (Å²) >= 11 is 6.17. The number of nitrogens with zero attached hydrogens (tertiary/aromatic N) is 2. The number of carbonyl (C=O) groups excluding carboxylic acids is 2. The molecule has 6 rings (SSSR count). The van der Waals surface area contributed by atoms with Crippen LogP contribution in [0.3, 0.4) is 0 Å². The van der Waals surface area contributed by atoms with Crippen LogP contribution >= 0.6 is 11.6 Å². The van der Waals surface area contributed by atoms with Gasteiger partial charge in [0.05, 0.1) is 6.04 Å². The predicted octanol–water partition coefficient (Wildman–Crippen LogP) is 5.23. The maximum absolute atomic E-state index is 13.9. The van der Waals surface area contributed by atoms with Crippen LogP contribution < -0.4 is 0 Å². The number of hydrogen-bond acceptors (Lipinski definition) is 2. The first-order valence-corrected chi connectivity index (χ1v) is 12.5. The van der Waals surface area contributed by atoms with Crippen molar-refractivity contribution in [3.63, 3.8) is 0 Å². The van der Waals surface area contributed by atoms with E-state index in [-0.39, 0.29) is 30.4 Å². The lowest BCUT2D eigenvalue weighted by Crippen LogP contribution is -2.64. The van der Waals surface area contributed by atoms with Crippen LogP contribution in [-0.4, -0.2) is 45.2 Å². The third-order valence-electron chi connectivity index (χ3n) is 7.74. The summed E-state index contributed by atoms with van der Waals surface area (Å²) in [5.74, 6) is 0.143. The van der Waals surface area contributed by atoms with Gasteiger partial charge in [-0.05, 0) is 42.2 Å². The topological polar surface area (TPSA) is 56.4 Å². The number of aromatic nitrogens is 1. The van der Waals surface area contributed by atoms with Gasteiger partial charge in [-0.15, -0.1) is 0 Å². The Morgan fingerprint density at radius 3 is 2.39 bits per heavy atom. The van der Waals surface area contributed by atoms with Crippen LogP contribution in [0, 0.1) is 0 Å². The van der Waals surface area contributed by atoms with Crippen LogP contribution in [0.4, 0.5) is 0 Å². The molecule has 1 N–H and O–H groups in total. The van der Waals surface area contributed by atoms with Gasteiger partial charge in [0.15, 0.2) is 0 Å². The molecule has 3 heterocycles. The van der Waals surface area contributed by atoms with E-state index < -0.39 is 6.04 Å². The Bertz CT molecular complexity index is 1210. The fraction of sp³-hybridized carbons (Fsp3) is 0.407. The maximum atomic E-state index is 13.9. The first-order chi connectivity index (χ1) is 16.1. The zero-order valence-corrected chi connectivity index (χ0v) is 19.4. The minimum Gasteiger partial charge on any atom is -0.356 e. The molecule has 2 aromatic carbocycles. The van der Waals surface area contributed by atoms with Gasteiger partial charge in [0.2, 0.25) is 11.8 Å². The summed E-state index contributed by atoms with van der Waals surface area (Å²) in [6, 6.07) is 15.3. The number of halogens is 1. The fourth-order valence-electron chi connectivity index (χ4n) is 6.16. The Morgan fingerprint density at radius 1 is 0.909 bits per heavy atom. The number of H-pyrrole nitrogens is 1. The second kappa shape index (κ2) is 8.21. The minimum atomic E-state index is -0.470. The molecule has 1 saturated carbocycles. The van der Waals surface area contributed by atoms with Crippen molar-refractivity contribution in [1.82, 2.24) is 14.8 Å². The molecule has 3 aliphatic rings. The fourth-order valence-corrected chi connectivity index (χ4v) is 6.28. The van der Waals surface area contributed by atoms with E-state index in [2.05, 4.69) is 17.1 Å². The number of piperazine rings is 1. The van der Waals surface area contributed by atoms with Crippen LogP contribution in [0.2, 0.25) is 5.02 Å². The predicted molar refractivity (Wildman–Crippen MR) is 129 cm³/mol. The summed E-state index contributed by atoms with van der Waals surface area (Å²) in [5.41, 5.74) is 4.18. The second-order valence-corrected chi connectivity index (χ2v) is 10.1. The van der Waals surface area contributed by atoms with Crippen molar-refractivity contribution >= 4 is 34.3 Å². The third-order valence-corrected chi connectivity index (χ3v) is 8.00. The third kappa shape index (κ3) is 3.45. The van der Waals surface area contributed by atoms with Gasteiger partial charge in [-0.25, -0.2) is 0 Å². The monoisotopic (exact) mass is 461 g/mol. The largest absolute Gasteiger partial charge is 0.356 e. The second-order valence-electron chi connectivity index (χ2n) is 9.65. The minimum absolute atomic E-state index is 0.0353. The van der Waals surface area contributed by atoms with Gasteiger partial charge in [-0.1, -0.05) is 67.6 Å². The molecule has 2 atom stereocenters. The van der Waals surface area contributed by atoms with E-state index in [4.69, 9.17) is 11.6 Å². The van der Waals surface area contributed by atoms with Crippen LogP contribution in [0.25, 0.3) is 10.9 Å². The normalized spacial score (nSPS) is 24.0. The number of fused-ring (bicyclic) bond motifs is 4. The van der Waals surface area contributed by atoms with E-state index in [0.29, 0.717) is 11.4 Å². The first-order valence-electron chi connectivity index (χ1n) is 12.1. The molecule has 5 nitrogen and oxygen atoms in total. The molecular formula is C27H28ClN3O2. The molecule has 2 amide bonds. The van der Waals surface area contributed by atoms with Crippen molar-refractivity contribution < 1.29 is 9.59 Å². The van der Waals surface area contributed by atoms with Crippen molar-refractivity contribution in [2.24, 2.45) is 0 Å². The standard InChI is InChI=1S/C27H28ClN3O2/c28-18-13-11-17(12-14-18)26-25-21(20-9-5-6-10-22(20)29-25)15-23-27(33)30(16-24(32)31(23)26)19-7-3-1-2-4-8-19/h5-6,9-14,19,23,26,29H,1-4,7-8,15-16H2/t23-,26+/m0/s1. The summed E-state index contributed by atoms with van der Waals surface area (Å²) in [4.78, 5) is 34.9. The van der Waals surface area contributed by atoms with Gasteiger partial charge in [0.1, 0.15) is 12.6 Å². The quantitative estimate of drug-likeness (QED) is 0.531. The number of rotatable bonds is 2. The number of carbonyl (C=O) groups is 2. The van der Waals surface area contributed by atoms with Gasteiger partial charge in [-0.2, -0.15) is 0 Å². The molecule has 2 aliphatic heterocycles. The van der Waals surface area contributed by atoms with E-state index in [9.17, 15) is 9.59 Å². The van der Waals surface area contributed by atoms with E-state index in [1.54, 1.807) is 0 Å². The summed E-state index contributed by atoms with van der Waals surface area (Å²) in [5, 5.41) is 1.79. The lowest BCUT2D eigenvalue weighted by atomic mass is 9.85. The molecule has 0 unspecified atom stereocenters. The highest BCUT2D eigenvalue weighted by molar-refractivity contribution is 6.30. The lowest BCUT2D eigenvalue weighted by molar-refractivity contribution is -0.161. The molecule has 1 saturated heterocycles. The molecule has 1 aliphatic carbocycles. The Balaban J connectivity index is 1.46. The average molecular weight is 462 g/mol. The van der Waals surface area contributed by atoms with Gasteiger partial charge >= 0.3 is 0 Å². The Kier molecular flexibility index (Phi) is 5.17. The van der Waals surface area contributed by atoms with Gasteiger partial charge in [-0.3, -0.25) is 9.59 Å². The van der Waals surface area contributed by atoms with Crippen molar-refractivity contribution in [2.45, 2.75) is 63.1 Å². The molecule has 170 valence electrons. The molecule has 0 bridgehead atoms. The Morgan fingerprint density at radius 2 is 1.64 bits per heavy atom. The summed E-state index contributed by atoms with van der Waals surface area (Å²) < 4.78 is 0. The molecule has 33 heavy (non-hydrogen) atoms. The van der Waals surface area contributed by atoms with Crippen LogP contribution in [0.1, 0.15) is 61.4 Å². The average Bonchev–Trinajstić information content (AvgIpc) is 2.99. The van der Waals surface area contributed by atoms with Gasteiger partial charge in [0.25, 0.3) is 0 Å². The number of amides is 2. The smallest absolute Gasteiger partial charge is 0.246 e. The summed E-state index contributed by atoms with van der Waals surface area (Å²) in [6.45, 7) is 0.180. The molecule has 3 aromatic rings. The van der Waals surface area contributed by atoms with E-state index >= 15 is 0 Å². The zero-order valence-electron chi connectivity index (χ0n) is 18.6. The van der Waals surface area contributed by atoms with E-state index in [1.807, 2.05) is 46.2 Å². The number of hydrogen-bond donors (Lipinski definition) is 1. The van der Waals surface area contributed by atoms with E-state index in [0.717, 1.165) is 53.4 Å². The van der Waals surface area contributed by atoms with Crippen molar-refractivity contribution in [3.05, 3.63) is 70.4 Å². The van der Waals surface area contributed by atoms with Crippen LogP contribution in [0.5, 0.6) is 0 Å². The first kappa shape index (κ1) is 20.8. The Hall–Kier alpha value is -2.79. The van der Waals surface area contributed by atoms with Gasteiger partial charge < -0.3 is 14.8 Å². The number of nitrogens with one attached hydrogen (secondary N) is 1. The molecule has 0 spiro atoms. The molecule has 0 radical (unpaired) electrons. The van der Waals surface area contributed by atoms with Crippen LogP contribution in [0.15, 0.2) is 48.5 Å². The number of para-hydroxylation sites is 1. The highest BCUT2D eigenvalue weighted by Gasteiger charge is 2.49. The highest BCUT2D eigenvalue weighted by atomic mass is 35.5. The molecule has 6 heteroatoms. The summed E-state index contributed by atoms with van der Waals surface area (Å²) in [6.07, 6.45) is 7.28. The summed E-state index contributed by atoms with van der Waals surface area (Å²) in [7, 11) is 0. The van der Waals surface area contributed by atoms with Crippen molar-refractivity contribution in [3.8, 4) is 0 Å². The van der Waals surface area contributed by atoms with Crippen molar-refractivity contribution in [1.29, 1.82) is 0 Å². The lowest BCUT2D eigenvalue weighted by Gasteiger charge is -2.48. The van der Waals surface area contributed by atoms with E-state index in [1.165, 1.54) is 12.8 Å². The zero-order chi connectivity index (χ0) is 22.5. The SMILES string of the molecule is O=C1[C@@H]2Cc3c([nH]c4ccccc34)[C@@H](c3ccc(Cl)cc3)N2C(=O)CN1C1CCCCCC1. The number of benzene rings is 2. The Labute approximate surface area is 198 Å². The molecule has 2 fully saturated rings. The van der Waals surface area contributed by atoms with Crippen LogP contribution in [-0.2, 0) is 16.0 Å². The highest BCUT2D eigenvalue weighted by Crippen LogP contribution is 2.43. The molecule has 1 aromatic heterocycles. The number of aromatic amines is 1. The van der Waals surface area contributed by atoms with Gasteiger partial charge in [0, 0.05) is 34.1 Å². The maximum Gasteiger partial charge on any atom is 0.246 e. The molecular weight excluding hydrogens is 434 g/mol.